The van der Waals surface area contributed by atoms with Crippen LogP contribution in [0, 0.1) is 13.8 Å². The van der Waals surface area contributed by atoms with Gasteiger partial charge in [0.25, 0.3) is 5.91 Å². The fraction of sp³-hybridized carbons (Fsp3) is 0.300. The summed E-state index contributed by atoms with van der Waals surface area (Å²) in [6.45, 7) is 6.28. The molecule has 26 heavy (non-hydrogen) atoms. The van der Waals surface area contributed by atoms with E-state index in [0.29, 0.717) is 23.9 Å². The molecule has 6 nitrogen and oxygen atoms in total. The van der Waals surface area contributed by atoms with Crippen LogP contribution in [0.5, 0.6) is 17.2 Å². The third kappa shape index (κ3) is 5.24. The molecule has 2 rings (SSSR count). The lowest BCUT2D eigenvalue weighted by Crippen LogP contribution is -2.24. The molecule has 0 unspecified atom stereocenters. The number of carbonyl (C=O) groups is 1. The highest BCUT2D eigenvalue weighted by Crippen LogP contribution is 2.27. The molecular formula is C20H24N2O4. The number of ether oxygens (including phenoxy) is 3. The first-order valence-electron chi connectivity index (χ1n) is 8.37. The first kappa shape index (κ1) is 19.3. The molecule has 2 aromatic carbocycles. The van der Waals surface area contributed by atoms with Gasteiger partial charge < -0.3 is 14.2 Å². The molecule has 1 N–H and O–H groups in total. The number of hydrogen-bond donors (Lipinski definition) is 1. The van der Waals surface area contributed by atoms with Crippen molar-refractivity contribution >= 4 is 12.1 Å². The van der Waals surface area contributed by atoms with Crippen LogP contribution in [0.3, 0.4) is 0 Å². The molecule has 0 spiro atoms. The predicted molar refractivity (Wildman–Crippen MR) is 101 cm³/mol. The van der Waals surface area contributed by atoms with E-state index < -0.39 is 0 Å². The van der Waals surface area contributed by atoms with Crippen molar-refractivity contribution in [2.75, 3.05) is 20.3 Å². The number of nitrogens with one attached hydrogen (secondary N) is 1. The largest absolute Gasteiger partial charge is 0.493 e. The van der Waals surface area contributed by atoms with Crippen molar-refractivity contribution in [3.05, 3.63) is 53.1 Å². The number of hydrazone groups is 1. The Kier molecular flexibility index (Phi) is 7.02. The highest BCUT2D eigenvalue weighted by Gasteiger charge is 2.06. The number of benzene rings is 2. The van der Waals surface area contributed by atoms with Gasteiger partial charge in [-0.3, -0.25) is 4.79 Å². The molecule has 0 atom stereocenters. The van der Waals surface area contributed by atoms with E-state index >= 15 is 0 Å². The van der Waals surface area contributed by atoms with Crippen molar-refractivity contribution in [2.24, 2.45) is 5.10 Å². The van der Waals surface area contributed by atoms with Gasteiger partial charge in [0, 0.05) is 0 Å². The second kappa shape index (κ2) is 9.46. The SMILES string of the molecule is CCOc1cc(/C=N\NC(=O)COc2cccc(C)c2C)ccc1OC. The van der Waals surface area contributed by atoms with Gasteiger partial charge in [0.2, 0.25) is 0 Å². The lowest BCUT2D eigenvalue weighted by molar-refractivity contribution is -0.123. The zero-order valence-corrected chi connectivity index (χ0v) is 15.5. The Morgan fingerprint density at radius 1 is 1.12 bits per heavy atom. The van der Waals surface area contributed by atoms with Crippen molar-refractivity contribution in [1.82, 2.24) is 5.43 Å². The van der Waals surface area contributed by atoms with E-state index in [2.05, 4.69) is 10.5 Å². The molecule has 6 heteroatoms. The van der Waals surface area contributed by atoms with Crippen LogP contribution in [-0.2, 0) is 4.79 Å². The number of aryl methyl sites for hydroxylation is 1. The van der Waals surface area contributed by atoms with Gasteiger partial charge >= 0.3 is 0 Å². The maximum Gasteiger partial charge on any atom is 0.277 e. The second-order valence-electron chi connectivity index (χ2n) is 5.62. The minimum atomic E-state index is -0.333. The van der Waals surface area contributed by atoms with Gasteiger partial charge in [-0.1, -0.05) is 12.1 Å². The molecule has 0 aliphatic rings. The average Bonchev–Trinajstić information content (AvgIpc) is 2.63. The van der Waals surface area contributed by atoms with Crippen LogP contribution in [0.25, 0.3) is 0 Å². The van der Waals surface area contributed by atoms with Gasteiger partial charge in [-0.2, -0.15) is 5.10 Å². The molecule has 0 aromatic heterocycles. The summed E-state index contributed by atoms with van der Waals surface area (Å²) >= 11 is 0. The molecule has 0 saturated heterocycles. The number of methoxy groups -OCH3 is 1. The molecule has 1 amide bonds. The molecule has 138 valence electrons. The van der Waals surface area contributed by atoms with Gasteiger partial charge in [-0.25, -0.2) is 5.43 Å². The fourth-order valence-electron chi connectivity index (χ4n) is 2.28. The number of carbonyl (C=O) groups excluding carboxylic acids is 1. The van der Waals surface area contributed by atoms with E-state index in [9.17, 15) is 4.79 Å². The number of rotatable bonds is 8. The molecule has 2 aromatic rings. The minimum absolute atomic E-state index is 0.103. The third-order valence-electron chi connectivity index (χ3n) is 3.80. The molecule has 0 aliphatic heterocycles. The van der Waals surface area contributed by atoms with E-state index in [4.69, 9.17) is 14.2 Å². The first-order valence-corrected chi connectivity index (χ1v) is 8.37. The fourth-order valence-corrected chi connectivity index (χ4v) is 2.28. The van der Waals surface area contributed by atoms with Crippen molar-refractivity contribution in [1.29, 1.82) is 0 Å². The lowest BCUT2D eigenvalue weighted by atomic mass is 10.1. The quantitative estimate of drug-likeness (QED) is 0.582. The topological polar surface area (TPSA) is 69.2 Å². The minimum Gasteiger partial charge on any atom is -0.493 e. The summed E-state index contributed by atoms with van der Waals surface area (Å²) in [6, 6.07) is 11.1. The summed E-state index contributed by atoms with van der Waals surface area (Å²) in [6.07, 6.45) is 1.54. The standard InChI is InChI=1S/C20H24N2O4/c1-5-25-19-11-16(9-10-18(19)24-4)12-21-22-20(23)13-26-17-8-6-7-14(2)15(17)3/h6-12H,5,13H2,1-4H3,(H,22,23)/b21-12-. The normalized spacial score (nSPS) is 10.6. The Bertz CT molecular complexity index is 787. The average molecular weight is 356 g/mol. The van der Waals surface area contributed by atoms with Crippen LogP contribution >= 0.6 is 0 Å². The van der Waals surface area contributed by atoms with Crippen molar-refractivity contribution < 1.29 is 19.0 Å². The van der Waals surface area contributed by atoms with Gasteiger partial charge in [-0.15, -0.1) is 0 Å². The lowest BCUT2D eigenvalue weighted by Gasteiger charge is -2.10. The summed E-state index contributed by atoms with van der Waals surface area (Å²) in [5.41, 5.74) is 5.37. The van der Waals surface area contributed by atoms with Crippen molar-refractivity contribution in [3.8, 4) is 17.2 Å². The van der Waals surface area contributed by atoms with Crippen LogP contribution in [0.15, 0.2) is 41.5 Å². The van der Waals surface area contributed by atoms with Crippen LogP contribution in [0.2, 0.25) is 0 Å². The van der Waals surface area contributed by atoms with E-state index in [1.165, 1.54) is 6.21 Å². The Hall–Kier alpha value is -3.02. The molecule has 0 aliphatic carbocycles. The third-order valence-corrected chi connectivity index (χ3v) is 3.80. The number of hydrogen-bond acceptors (Lipinski definition) is 5. The summed E-state index contributed by atoms with van der Waals surface area (Å²) in [4.78, 5) is 11.9. The van der Waals surface area contributed by atoms with Crippen LogP contribution in [0.4, 0.5) is 0 Å². The molecule has 0 saturated carbocycles. The van der Waals surface area contributed by atoms with E-state index in [0.717, 1.165) is 16.7 Å². The molecule has 0 fully saturated rings. The van der Waals surface area contributed by atoms with E-state index in [1.54, 1.807) is 19.2 Å². The highest BCUT2D eigenvalue weighted by atomic mass is 16.5. The Labute approximate surface area is 153 Å². The molecule has 0 radical (unpaired) electrons. The molecule has 0 heterocycles. The first-order chi connectivity index (χ1) is 12.5. The molecule has 0 bridgehead atoms. The van der Waals surface area contributed by atoms with Gasteiger partial charge in [0.05, 0.1) is 19.9 Å². The van der Waals surface area contributed by atoms with Crippen LogP contribution in [0.1, 0.15) is 23.6 Å². The molecular weight excluding hydrogens is 332 g/mol. The number of amides is 1. The summed E-state index contributed by atoms with van der Waals surface area (Å²) < 4.78 is 16.3. The number of nitrogens with zero attached hydrogens (tertiary/aromatic N) is 1. The summed E-state index contributed by atoms with van der Waals surface area (Å²) in [5, 5.41) is 3.95. The Morgan fingerprint density at radius 3 is 2.65 bits per heavy atom. The van der Waals surface area contributed by atoms with E-state index in [-0.39, 0.29) is 12.5 Å². The van der Waals surface area contributed by atoms with Gasteiger partial charge in [0.15, 0.2) is 18.1 Å². The van der Waals surface area contributed by atoms with Gasteiger partial charge in [0.1, 0.15) is 5.75 Å². The summed E-state index contributed by atoms with van der Waals surface area (Å²) in [7, 11) is 1.59. The predicted octanol–water partition coefficient (Wildman–Crippen LogP) is 3.24. The maximum atomic E-state index is 11.9. The maximum absolute atomic E-state index is 11.9. The van der Waals surface area contributed by atoms with Crippen molar-refractivity contribution in [3.63, 3.8) is 0 Å². The van der Waals surface area contributed by atoms with Crippen LogP contribution in [-0.4, -0.2) is 32.4 Å². The zero-order valence-electron chi connectivity index (χ0n) is 15.5. The summed E-state index contributed by atoms with van der Waals surface area (Å²) in [5.74, 6) is 1.64. The van der Waals surface area contributed by atoms with Crippen molar-refractivity contribution in [2.45, 2.75) is 20.8 Å². The van der Waals surface area contributed by atoms with Gasteiger partial charge in [-0.05, 0) is 61.7 Å². The monoisotopic (exact) mass is 356 g/mol. The highest BCUT2D eigenvalue weighted by molar-refractivity contribution is 5.83. The Balaban J connectivity index is 1.90. The second-order valence-corrected chi connectivity index (χ2v) is 5.62. The Morgan fingerprint density at radius 2 is 1.92 bits per heavy atom. The smallest absolute Gasteiger partial charge is 0.277 e. The van der Waals surface area contributed by atoms with Crippen LogP contribution < -0.4 is 19.6 Å². The van der Waals surface area contributed by atoms with E-state index in [1.807, 2.05) is 45.0 Å². The zero-order chi connectivity index (χ0) is 18.9.